The highest BCUT2D eigenvalue weighted by molar-refractivity contribution is 5.83. The van der Waals surface area contributed by atoms with Crippen molar-refractivity contribution in [3.8, 4) is 0 Å². The lowest BCUT2D eigenvalue weighted by Gasteiger charge is -2.14. The number of benzene rings is 1. The van der Waals surface area contributed by atoms with Crippen LogP contribution in [0.25, 0.3) is 0 Å². The molecule has 0 aliphatic heterocycles. The molecule has 0 fully saturated rings. The predicted molar refractivity (Wildman–Crippen MR) is 70.3 cm³/mol. The number of nitrogens with one attached hydrogen (secondary N) is 1. The topological polar surface area (TPSA) is 119 Å². The molecule has 1 atom stereocenters. The molecule has 8 heteroatoms. The Morgan fingerprint density at radius 3 is 2.48 bits per heavy atom. The fourth-order valence-electron chi connectivity index (χ4n) is 1.70. The number of carboxylic acids is 1. The van der Waals surface area contributed by atoms with Crippen molar-refractivity contribution < 1.29 is 29.9 Å². The fraction of sp³-hybridized carbons (Fsp3) is 0.385. The minimum Gasteiger partial charge on any atom is -0.480 e. The van der Waals surface area contributed by atoms with Gasteiger partial charge in [0.1, 0.15) is 6.04 Å². The monoisotopic (exact) mass is 298 g/mol. The normalized spacial score (nSPS) is 12.1. The molecular weight excluding hydrogens is 280 g/mol. The van der Waals surface area contributed by atoms with Gasteiger partial charge in [-0.3, -0.25) is 20.0 Å². The van der Waals surface area contributed by atoms with Crippen LogP contribution in [0.1, 0.15) is 18.4 Å². The lowest BCUT2D eigenvalue weighted by molar-refractivity contribution is -0.492. The molecule has 1 unspecified atom stereocenters. The Kier molecular flexibility index (Phi) is 7.33. The van der Waals surface area contributed by atoms with Crippen molar-refractivity contribution in [1.82, 2.24) is 10.7 Å². The molecule has 0 heterocycles. The van der Waals surface area contributed by atoms with Crippen LogP contribution in [0.3, 0.4) is 0 Å². The minimum atomic E-state index is -1.11. The van der Waals surface area contributed by atoms with E-state index in [0.717, 1.165) is 5.56 Å². The number of carboxylic acid groups (broad SMARTS) is 1. The summed E-state index contributed by atoms with van der Waals surface area (Å²) in [5.41, 5.74) is 0.810. The van der Waals surface area contributed by atoms with Gasteiger partial charge in [0.2, 0.25) is 5.91 Å². The lowest BCUT2D eigenvalue weighted by atomic mass is 10.1. The summed E-state index contributed by atoms with van der Waals surface area (Å²) in [5, 5.41) is 27.7. The van der Waals surface area contributed by atoms with Crippen LogP contribution < -0.4 is 5.32 Å². The molecule has 0 aliphatic rings. The molecule has 4 N–H and O–H groups in total. The third-order valence-electron chi connectivity index (χ3n) is 2.67. The number of amides is 1. The first-order valence-electron chi connectivity index (χ1n) is 6.36. The van der Waals surface area contributed by atoms with Crippen molar-refractivity contribution in [2.75, 3.05) is 6.61 Å². The Morgan fingerprint density at radius 1 is 1.24 bits per heavy atom. The molecule has 8 nitrogen and oxygen atoms in total. The summed E-state index contributed by atoms with van der Waals surface area (Å²) in [4.78, 5) is 27.1. The molecule has 1 aromatic rings. The van der Waals surface area contributed by atoms with Crippen molar-refractivity contribution in [2.45, 2.75) is 25.3 Å². The van der Waals surface area contributed by atoms with Crippen LogP contribution in [0, 0.1) is 0 Å². The van der Waals surface area contributed by atoms with Gasteiger partial charge in [-0.05, 0) is 12.0 Å². The summed E-state index contributed by atoms with van der Waals surface area (Å²) in [6.07, 6.45) is 0.438. The highest BCUT2D eigenvalue weighted by Crippen LogP contribution is 2.04. The maximum absolute atomic E-state index is 11.6. The third kappa shape index (κ3) is 7.37. The van der Waals surface area contributed by atoms with Crippen molar-refractivity contribution in [1.29, 1.82) is 0 Å². The second-order valence-electron chi connectivity index (χ2n) is 4.34. The summed E-state index contributed by atoms with van der Waals surface area (Å²) in [6, 6.07) is 7.98. The Bertz CT molecular complexity index is 451. The second-order valence-corrected chi connectivity index (χ2v) is 4.34. The van der Waals surface area contributed by atoms with Crippen LogP contribution in [-0.4, -0.2) is 45.4 Å². The van der Waals surface area contributed by atoms with Crippen molar-refractivity contribution >= 4 is 11.9 Å². The first kappa shape index (κ1) is 17.1. The number of carbonyl (C=O) groups excluding carboxylic acids is 1. The van der Waals surface area contributed by atoms with E-state index in [2.05, 4.69) is 10.2 Å². The van der Waals surface area contributed by atoms with Gasteiger partial charge in [-0.15, -0.1) is 0 Å². The van der Waals surface area contributed by atoms with Gasteiger partial charge in [0.15, 0.2) is 0 Å². The van der Waals surface area contributed by atoms with Gasteiger partial charge in [0, 0.05) is 12.8 Å². The number of aliphatic carboxylic acids is 1. The Hall–Kier alpha value is -2.00. The Labute approximate surface area is 121 Å². The van der Waals surface area contributed by atoms with Crippen molar-refractivity contribution in [3.63, 3.8) is 0 Å². The molecule has 0 bridgehead atoms. The summed E-state index contributed by atoms with van der Waals surface area (Å²) in [7, 11) is 0. The highest BCUT2D eigenvalue weighted by atomic mass is 17.1. The van der Waals surface area contributed by atoms with Gasteiger partial charge in [0.25, 0.3) is 0 Å². The van der Waals surface area contributed by atoms with E-state index < -0.39 is 23.3 Å². The molecule has 0 aromatic heterocycles. The zero-order valence-electron chi connectivity index (χ0n) is 11.3. The molecule has 1 amide bonds. The number of hydrogen-bond acceptors (Lipinski definition) is 6. The quantitative estimate of drug-likeness (QED) is 0.389. The van der Waals surface area contributed by atoms with Crippen molar-refractivity contribution in [2.24, 2.45) is 0 Å². The third-order valence-corrected chi connectivity index (χ3v) is 2.67. The molecular formula is C13H18N2O6. The SMILES string of the molecule is O=C(CCCON(O)O)NC(Cc1ccccc1)C(=O)O. The van der Waals surface area contributed by atoms with Crippen LogP contribution in [0.2, 0.25) is 0 Å². The van der Waals surface area contributed by atoms with Gasteiger partial charge < -0.3 is 10.4 Å². The van der Waals surface area contributed by atoms with Crippen LogP contribution in [0.4, 0.5) is 0 Å². The Morgan fingerprint density at radius 2 is 1.90 bits per heavy atom. The van der Waals surface area contributed by atoms with Crippen molar-refractivity contribution in [3.05, 3.63) is 35.9 Å². The largest absolute Gasteiger partial charge is 0.480 e. The number of hydrogen-bond donors (Lipinski definition) is 4. The van der Waals surface area contributed by atoms with Crippen LogP contribution in [-0.2, 0) is 20.8 Å². The Balaban J connectivity index is 2.40. The van der Waals surface area contributed by atoms with E-state index in [1.807, 2.05) is 6.07 Å². The number of rotatable bonds is 9. The molecule has 0 saturated carbocycles. The van der Waals surface area contributed by atoms with Crippen LogP contribution >= 0.6 is 0 Å². The van der Waals surface area contributed by atoms with Gasteiger partial charge >= 0.3 is 5.97 Å². The molecule has 21 heavy (non-hydrogen) atoms. The van der Waals surface area contributed by atoms with Gasteiger partial charge in [-0.1, -0.05) is 30.3 Å². The molecule has 0 aliphatic carbocycles. The van der Waals surface area contributed by atoms with Crippen LogP contribution in [0.5, 0.6) is 0 Å². The maximum Gasteiger partial charge on any atom is 0.326 e. The molecule has 0 spiro atoms. The highest BCUT2D eigenvalue weighted by Gasteiger charge is 2.20. The van der Waals surface area contributed by atoms with Gasteiger partial charge in [-0.2, -0.15) is 0 Å². The van der Waals surface area contributed by atoms with Crippen LogP contribution in [0.15, 0.2) is 30.3 Å². The van der Waals surface area contributed by atoms with Gasteiger partial charge in [0.05, 0.1) is 12.0 Å². The zero-order valence-corrected chi connectivity index (χ0v) is 11.3. The maximum atomic E-state index is 11.6. The first-order chi connectivity index (χ1) is 9.99. The first-order valence-corrected chi connectivity index (χ1v) is 6.36. The molecule has 0 saturated heterocycles. The average Bonchev–Trinajstić information content (AvgIpc) is 2.44. The molecule has 116 valence electrons. The fourth-order valence-corrected chi connectivity index (χ4v) is 1.70. The van der Waals surface area contributed by atoms with E-state index in [1.165, 1.54) is 0 Å². The molecule has 0 radical (unpaired) electrons. The summed E-state index contributed by atoms with van der Waals surface area (Å²) in [6.45, 7) is -0.0726. The predicted octanol–water partition coefficient (Wildman–Crippen LogP) is 0.591. The van der Waals surface area contributed by atoms with E-state index in [-0.39, 0.29) is 25.9 Å². The molecule has 1 rings (SSSR count). The standard InChI is InChI=1S/C13H18N2O6/c16-12(7-4-8-21-15(19)20)14-11(13(17)18)9-10-5-2-1-3-6-10/h1-3,5-6,11,19-20H,4,7-9H2,(H,14,16)(H,17,18). The van der Waals surface area contributed by atoms with E-state index in [4.69, 9.17) is 15.5 Å². The number of carbonyl (C=O) groups is 2. The smallest absolute Gasteiger partial charge is 0.326 e. The summed E-state index contributed by atoms with van der Waals surface area (Å²) < 4.78 is 0. The lowest BCUT2D eigenvalue weighted by Crippen LogP contribution is -2.42. The van der Waals surface area contributed by atoms with E-state index in [0.29, 0.717) is 0 Å². The minimum absolute atomic E-state index is 0.0202. The van der Waals surface area contributed by atoms with E-state index in [1.54, 1.807) is 24.3 Å². The van der Waals surface area contributed by atoms with Gasteiger partial charge in [-0.25, -0.2) is 4.79 Å². The average molecular weight is 298 g/mol. The number of nitrogens with zero attached hydrogens (tertiary/aromatic N) is 1. The zero-order chi connectivity index (χ0) is 15.7. The second kappa shape index (κ2) is 9.03. The van der Waals surface area contributed by atoms with E-state index in [9.17, 15) is 9.59 Å². The summed E-state index contributed by atoms with van der Waals surface area (Å²) >= 11 is 0. The summed E-state index contributed by atoms with van der Waals surface area (Å²) in [5.74, 6) is -1.55. The molecule has 1 aromatic carbocycles. The van der Waals surface area contributed by atoms with E-state index >= 15 is 0 Å².